The molecule has 2 N–H and O–H groups in total. The average molecular weight is 239 g/mol. The zero-order chi connectivity index (χ0) is 12.5. The quantitative estimate of drug-likeness (QED) is 0.752. The largest absolute Gasteiger partial charge is 0.490 e. The van der Waals surface area contributed by atoms with Crippen LogP contribution in [0, 0.1) is 0 Å². The zero-order valence-corrected chi connectivity index (χ0v) is 10.5. The van der Waals surface area contributed by atoms with Gasteiger partial charge in [0.05, 0.1) is 6.61 Å². The lowest BCUT2D eigenvalue weighted by Gasteiger charge is -2.17. The van der Waals surface area contributed by atoms with Crippen molar-refractivity contribution in [2.75, 3.05) is 26.4 Å². The van der Waals surface area contributed by atoms with Gasteiger partial charge in [-0.25, -0.2) is 0 Å². The molecular formula is C13H21NO3. The maximum atomic E-state index is 5.67. The Morgan fingerprint density at radius 2 is 1.71 bits per heavy atom. The Hall–Kier alpha value is -1.26. The summed E-state index contributed by atoms with van der Waals surface area (Å²) in [6.45, 7) is 6.03. The van der Waals surface area contributed by atoms with Crippen molar-refractivity contribution in [2.24, 2.45) is 5.73 Å². The summed E-state index contributed by atoms with van der Waals surface area (Å²) in [5.41, 5.74) is 5.58. The van der Waals surface area contributed by atoms with Gasteiger partial charge in [-0.2, -0.15) is 0 Å². The molecule has 0 saturated heterocycles. The first-order valence-electron chi connectivity index (χ1n) is 5.98. The maximum Gasteiger partial charge on any atom is 0.161 e. The minimum absolute atomic E-state index is 0.0744. The second kappa shape index (κ2) is 7.92. The van der Waals surface area contributed by atoms with Crippen LogP contribution in [0.5, 0.6) is 11.5 Å². The molecule has 0 heterocycles. The van der Waals surface area contributed by atoms with Crippen molar-refractivity contribution in [1.82, 2.24) is 0 Å². The van der Waals surface area contributed by atoms with Crippen LogP contribution in [0.25, 0.3) is 0 Å². The third-order valence-electron chi connectivity index (χ3n) is 2.24. The summed E-state index contributed by atoms with van der Waals surface area (Å²) in [6.07, 6.45) is -0.0744. The molecule has 0 aliphatic carbocycles. The highest BCUT2D eigenvalue weighted by Gasteiger charge is 2.09. The van der Waals surface area contributed by atoms with Gasteiger partial charge in [0.2, 0.25) is 0 Å². The summed E-state index contributed by atoms with van der Waals surface area (Å²) < 4.78 is 16.6. The van der Waals surface area contributed by atoms with Crippen molar-refractivity contribution >= 4 is 0 Å². The molecule has 0 aromatic heterocycles. The van der Waals surface area contributed by atoms with Crippen LogP contribution in [-0.2, 0) is 4.74 Å². The number of nitrogens with two attached hydrogens (primary N) is 1. The topological polar surface area (TPSA) is 53.7 Å². The molecule has 1 rings (SSSR count). The standard InChI is InChI=1S/C13H21NO3/c1-3-15-11(9-14)10-17-13-8-6-5-7-12(13)16-4-2/h5-8,11H,3-4,9-10,14H2,1-2H3. The van der Waals surface area contributed by atoms with E-state index >= 15 is 0 Å². The molecule has 0 aliphatic rings. The number of hydrogen-bond acceptors (Lipinski definition) is 4. The summed E-state index contributed by atoms with van der Waals surface area (Å²) in [5.74, 6) is 1.48. The molecule has 0 aliphatic heterocycles. The van der Waals surface area contributed by atoms with Crippen LogP contribution in [0.2, 0.25) is 0 Å². The Kier molecular flexibility index (Phi) is 6.43. The van der Waals surface area contributed by atoms with Crippen LogP contribution in [0.1, 0.15) is 13.8 Å². The van der Waals surface area contributed by atoms with E-state index in [2.05, 4.69) is 0 Å². The van der Waals surface area contributed by atoms with Gasteiger partial charge in [0, 0.05) is 13.2 Å². The maximum absolute atomic E-state index is 5.67. The minimum atomic E-state index is -0.0744. The Bertz CT molecular complexity index is 317. The number of rotatable bonds is 8. The Morgan fingerprint density at radius 3 is 2.24 bits per heavy atom. The zero-order valence-electron chi connectivity index (χ0n) is 10.5. The smallest absolute Gasteiger partial charge is 0.161 e. The monoisotopic (exact) mass is 239 g/mol. The molecule has 1 unspecified atom stereocenters. The van der Waals surface area contributed by atoms with Gasteiger partial charge in [-0.1, -0.05) is 12.1 Å². The lowest BCUT2D eigenvalue weighted by Crippen LogP contribution is -2.30. The molecule has 4 nitrogen and oxygen atoms in total. The van der Waals surface area contributed by atoms with E-state index in [1.807, 2.05) is 38.1 Å². The van der Waals surface area contributed by atoms with Gasteiger partial charge >= 0.3 is 0 Å². The van der Waals surface area contributed by atoms with Gasteiger partial charge in [-0.05, 0) is 26.0 Å². The molecule has 0 saturated carbocycles. The molecule has 1 aromatic rings. The van der Waals surface area contributed by atoms with Gasteiger partial charge in [0.1, 0.15) is 12.7 Å². The van der Waals surface area contributed by atoms with E-state index < -0.39 is 0 Å². The fourth-order valence-corrected chi connectivity index (χ4v) is 1.45. The first kappa shape index (κ1) is 13.8. The third-order valence-corrected chi connectivity index (χ3v) is 2.24. The van der Waals surface area contributed by atoms with Crippen LogP contribution in [-0.4, -0.2) is 32.5 Å². The van der Waals surface area contributed by atoms with Crippen LogP contribution < -0.4 is 15.2 Å². The molecule has 0 spiro atoms. The summed E-state index contributed by atoms with van der Waals surface area (Å²) in [7, 11) is 0. The van der Waals surface area contributed by atoms with Crippen molar-refractivity contribution < 1.29 is 14.2 Å². The highest BCUT2D eigenvalue weighted by Crippen LogP contribution is 2.26. The van der Waals surface area contributed by atoms with Crippen molar-refractivity contribution in [3.63, 3.8) is 0 Å². The summed E-state index contributed by atoms with van der Waals surface area (Å²) in [6, 6.07) is 7.60. The number of para-hydroxylation sites is 2. The molecule has 4 heteroatoms. The SMILES string of the molecule is CCOc1ccccc1OCC(CN)OCC. The lowest BCUT2D eigenvalue weighted by atomic mass is 10.3. The van der Waals surface area contributed by atoms with E-state index in [1.165, 1.54) is 0 Å². The summed E-state index contributed by atoms with van der Waals surface area (Å²) in [4.78, 5) is 0. The molecule has 0 bridgehead atoms. The molecule has 0 radical (unpaired) electrons. The summed E-state index contributed by atoms with van der Waals surface area (Å²) >= 11 is 0. The molecule has 0 amide bonds. The van der Waals surface area contributed by atoms with Crippen molar-refractivity contribution in [1.29, 1.82) is 0 Å². The van der Waals surface area contributed by atoms with Crippen LogP contribution >= 0.6 is 0 Å². The average Bonchev–Trinajstić information content (AvgIpc) is 2.36. The van der Waals surface area contributed by atoms with E-state index in [0.717, 1.165) is 11.5 Å². The van der Waals surface area contributed by atoms with E-state index in [9.17, 15) is 0 Å². The van der Waals surface area contributed by atoms with Gasteiger partial charge < -0.3 is 19.9 Å². The Labute approximate surface area is 103 Å². The fourth-order valence-electron chi connectivity index (χ4n) is 1.45. The first-order valence-corrected chi connectivity index (χ1v) is 5.98. The van der Waals surface area contributed by atoms with Gasteiger partial charge in [0.15, 0.2) is 11.5 Å². The van der Waals surface area contributed by atoms with Crippen molar-refractivity contribution in [3.05, 3.63) is 24.3 Å². The molecule has 96 valence electrons. The Balaban J connectivity index is 2.55. The second-order valence-corrected chi connectivity index (χ2v) is 3.50. The number of hydrogen-bond donors (Lipinski definition) is 1. The minimum Gasteiger partial charge on any atom is -0.490 e. The van der Waals surface area contributed by atoms with Crippen LogP contribution in [0.15, 0.2) is 24.3 Å². The lowest BCUT2D eigenvalue weighted by molar-refractivity contribution is 0.0329. The highest BCUT2D eigenvalue weighted by atomic mass is 16.5. The van der Waals surface area contributed by atoms with E-state index in [1.54, 1.807) is 0 Å². The molecule has 1 atom stereocenters. The van der Waals surface area contributed by atoms with Crippen LogP contribution in [0.3, 0.4) is 0 Å². The van der Waals surface area contributed by atoms with E-state index in [0.29, 0.717) is 26.4 Å². The number of ether oxygens (including phenoxy) is 3. The van der Waals surface area contributed by atoms with E-state index in [4.69, 9.17) is 19.9 Å². The van der Waals surface area contributed by atoms with Crippen LogP contribution in [0.4, 0.5) is 0 Å². The molecule has 0 fully saturated rings. The van der Waals surface area contributed by atoms with Gasteiger partial charge in [-0.15, -0.1) is 0 Å². The Morgan fingerprint density at radius 1 is 1.06 bits per heavy atom. The fraction of sp³-hybridized carbons (Fsp3) is 0.538. The first-order chi connectivity index (χ1) is 8.31. The van der Waals surface area contributed by atoms with Crippen molar-refractivity contribution in [2.45, 2.75) is 20.0 Å². The third kappa shape index (κ3) is 4.63. The van der Waals surface area contributed by atoms with Gasteiger partial charge in [-0.3, -0.25) is 0 Å². The normalized spacial score (nSPS) is 12.2. The molecular weight excluding hydrogens is 218 g/mol. The van der Waals surface area contributed by atoms with Crippen molar-refractivity contribution in [3.8, 4) is 11.5 Å². The van der Waals surface area contributed by atoms with Gasteiger partial charge in [0.25, 0.3) is 0 Å². The predicted octanol–water partition coefficient (Wildman–Crippen LogP) is 1.83. The highest BCUT2D eigenvalue weighted by molar-refractivity contribution is 5.39. The summed E-state index contributed by atoms with van der Waals surface area (Å²) in [5, 5.41) is 0. The number of benzene rings is 1. The molecule has 17 heavy (non-hydrogen) atoms. The predicted molar refractivity (Wildman–Crippen MR) is 67.6 cm³/mol. The van der Waals surface area contributed by atoms with E-state index in [-0.39, 0.29) is 6.10 Å². The molecule has 1 aromatic carbocycles. The second-order valence-electron chi connectivity index (χ2n) is 3.50.